The zero-order valence-corrected chi connectivity index (χ0v) is 20.6. The highest BCUT2D eigenvalue weighted by molar-refractivity contribution is 8.15. The Hall–Kier alpha value is -3.20. The number of nitrogens with one attached hydrogen (secondary N) is 1. The van der Waals surface area contributed by atoms with Gasteiger partial charge in [-0.1, -0.05) is 41.0 Å². The Morgan fingerprint density at radius 2 is 1.69 bits per heavy atom. The summed E-state index contributed by atoms with van der Waals surface area (Å²) in [7, 11) is 0. The molecule has 0 radical (unpaired) electrons. The highest BCUT2D eigenvalue weighted by atomic mass is 35.5. The van der Waals surface area contributed by atoms with Crippen LogP contribution in [0, 0.1) is 0 Å². The van der Waals surface area contributed by atoms with Crippen LogP contribution in [0.5, 0.6) is 11.5 Å². The number of rotatable bonds is 5. The van der Waals surface area contributed by atoms with Crippen LogP contribution in [0.15, 0.2) is 71.7 Å². The van der Waals surface area contributed by atoms with Gasteiger partial charge in [-0.3, -0.25) is 14.5 Å². The van der Waals surface area contributed by atoms with Gasteiger partial charge in [-0.05, 0) is 66.2 Å². The standard InChI is InChI=1S/C25H19Cl2N3O4S/c26-16-2-6-18(7-3-16)28-24(32)22-12-23(31)30(13-15-1-10-20-21(11-15)34-14-33-20)25(35-22)29-19-8-4-17(27)5-9-19/h1-11,22H,12-14H2,(H,28,32). The van der Waals surface area contributed by atoms with Crippen LogP contribution < -0.4 is 14.8 Å². The first kappa shape index (κ1) is 23.5. The van der Waals surface area contributed by atoms with E-state index in [0.29, 0.717) is 38.1 Å². The first-order valence-electron chi connectivity index (χ1n) is 10.7. The second kappa shape index (κ2) is 10.2. The van der Waals surface area contributed by atoms with Crippen molar-refractivity contribution in [3.05, 3.63) is 82.3 Å². The van der Waals surface area contributed by atoms with Crippen molar-refractivity contribution < 1.29 is 19.1 Å². The summed E-state index contributed by atoms with van der Waals surface area (Å²) in [5.41, 5.74) is 2.08. The molecule has 1 unspecified atom stereocenters. The molecule has 35 heavy (non-hydrogen) atoms. The fraction of sp³-hybridized carbons (Fsp3) is 0.160. The molecule has 7 nitrogen and oxygen atoms in total. The molecule has 0 bridgehead atoms. The lowest BCUT2D eigenvalue weighted by molar-refractivity contribution is -0.129. The third-order valence-electron chi connectivity index (χ3n) is 5.37. The molecule has 0 aliphatic carbocycles. The van der Waals surface area contributed by atoms with E-state index in [1.54, 1.807) is 53.4 Å². The molecular weight excluding hydrogens is 509 g/mol. The van der Waals surface area contributed by atoms with E-state index in [-0.39, 0.29) is 31.6 Å². The molecule has 1 atom stereocenters. The summed E-state index contributed by atoms with van der Waals surface area (Å²) in [6.07, 6.45) is 0.0360. The number of ether oxygens (including phenoxy) is 2. The van der Waals surface area contributed by atoms with Gasteiger partial charge in [0.25, 0.3) is 0 Å². The number of thioether (sulfide) groups is 1. The highest BCUT2D eigenvalue weighted by Crippen LogP contribution is 2.35. The molecule has 5 rings (SSSR count). The van der Waals surface area contributed by atoms with Crippen molar-refractivity contribution in [3.63, 3.8) is 0 Å². The third kappa shape index (κ3) is 5.56. The van der Waals surface area contributed by atoms with Crippen molar-refractivity contribution >= 4 is 63.3 Å². The monoisotopic (exact) mass is 527 g/mol. The topological polar surface area (TPSA) is 80.2 Å². The number of aliphatic imine (C=N–C) groups is 1. The normalized spacial score (nSPS) is 18.1. The molecule has 3 aromatic carbocycles. The van der Waals surface area contributed by atoms with Gasteiger partial charge in [0, 0.05) is 22.2 Å². The molecule has 1 saturated heterocycles. The maximum Gasteiger partial charge on any atom is 0.238 e. The summed E-state index contributed by atoms with van der Waals surface area (Å²) in [5, 5.41) is 3.79. The van der Waals surface area contributed by atoms with Crippen LogP contribution in [-0.4, -0.2) is 33.9 Å². The number of fused-ring (bicyclic) bond motifs is 1. The Balaban J connectivity index is 1.40. The van der Waals surface area contributed by atoms with Gasteiger partial charge < -0.3 is 14.8 Å². The lowest BCUT2D eigenvalue weighted by Gasteiger charge is -2.32. The molecule has 178 valence electrons. The number of nitrogens with zero attached hydrogens (tertiary/aromatic N) is 2. The van der Waals surface area contributed by atoms with E-state index in [4.69, 9.17) is 32.7 Å². The molecule has 2 amide bonds. The van der Waals surface area contributed by atoms with Gasteiger partial charge in [0.1, 0.15) is 5.25 Å². The number of carbonyl (C=O) groups is 2. The van der Waals surface area contributed by atoms with Crippen LogP contribution in [0.2, 0.25) is 10.0 Å². The molecule has 0 spiro atoms. The molecule has 10 heteroatoms. The lowest BCUT2D eigenvalue weighted by atomic mass is 10.1. The van der Waals surface area contributed by atoms with Gasteiger partial charge in [0.15, 0.2) is 16.7 Å². The smallest absolute Gasteiger partial charge is 0.238 e. The first-order chi connectivity index (χ1) is 16.9. The van der Waals surface area contributed by atoms with Crippen molar-refractivity contribution in [1.82, 2.24) is 4.90 Å². The average molecular weight is 528 g/mol. The lowest BCUT2D eigenvalue weighted by Crippen LogP contribution is -2.44. The Bertz CT molecular complexity index is 1300. The van der Waals surface area contributed by atoms with E-state index >= 15 is 0 Å². The summed E-state index contributed by atoms with van der Waals surface area (Å²) in [6.45, 7) is 0.450. The van der Waals surface area contributed by atoms with Gasteiger partial charge in [-0.15, -0.1) is 0 Å². The van der Waals surface area contributed by atoms with Gasteiger partial charge in [-0.2, -0.15) is 0 Å². The number of carbonyl (C=O) groups excluding carboxylic acids is 2. The van der Waals surface area contributed by atoms with Crippen molar-refractivity contribution in [1.29, 1.82) is 0 Å². The maximum absolute atomic E-state index is 13.3. The summed E-state index contributed by atoms with van der Waals surface area (Å²) in [4.78, 5) is 32.5. The first-order valence-corrected chi connectivity index (χ1v) is 12.3. The van der Waals surface area contributed by atoms with E-state index in [0.717, 1.165) is 5.56 Å². The van der Waals surface area contributed by atoms with Crippen LogP contribution in [0.1, 0.15) is 12.0 Å². The number of hydrogen-bond acceptors (Lipinski definition) is 6. The van der Waals surface area contributed by atoms with Gasteiger partial charge in [0.2, 0.25) is 18.6 Å². The number of hydrogen-bond donors (Lipinski definition) is 1. The summed E-state index contributed by atoms with van der Waals surface area (Å²) < 4.78 is 10.8. The Kier molecular flexibility index (Phi) is 6.86. The van der Waals surface area contributed by atoms with Crippen molar-refractivity contribution in [2.24, 2.45) is 4.99 Å². The summed E-state index contributed by atoms with van der Waals surface area (Å²) >= 11 is 13.2. The van der Waals surface area contributed by atoms with Gasteiger partial charge in [0.05, 0.1) is 12.2 Å². The average Bonchev–Trinajstić information content (AvgIpc) is 3.32. The maximum atomic E-state index is 13.3. The quantitative estimate of drug-likeness (QED) is 0.447. The van der Waals surface area contributed by atoms with E-state index in [1.165, 1.54) is 11.8 Å². The van der Waals surface area contributed by atoms with Crippen molar-refractivity contribution in [3.8, 4) is 11.5 Å². The third-order valence-corrected chi connectivity index (χ3v) is 7.06. The zero-order chi connectivity index (χ0) is 24.4. The number of anilines is 1. The molecule has 0 aromatic heterocycles. The summed E-state index contributed by atoms with van der Waals surface area (Å²) in [5.74, 6) is 0.820. The minimum atomic E-state index is -0.641. The van der Waals surface area contributed by atoms with Crippen LogP contribution in [-0.2, 0) is 16.1 Å². The molecule has 2 heterocycles. The van der Waals surface area contributed by atoms with Crippen LogP contribution in [0.3, 0.4) is 0 Å². The highest BCUT2D eigenvalue weighted by Gasteiger charge is 2.36. The molecule has 3 aromatic rings. The number of amidine groups is 1. The number of benzene rings is 3. The molecule has 1 N–H and O–H groups in total. The fourth-order valence-electron chi connectivity index (χ4n) is 3.60. The predicted octanol–water partition coefficient (Wildman–Crippen LogP) is 5.88. The number of halogens is 2. The minimum absolute atomic E-state index is 0.0360. The number of amides is 2. The molecule has 0 saturated carbocycles. The van der Waals surface area contributed by atoms with Gasteiger partial charge in [-0.25, -0.2) is 4.99 Å². The van der Waals surface area contributed by atoms with E-state index < -0.39 is 5.25 Å². The predicted molar refractivity (Wildman–Crippen MR) is 138 cm³/mol. The second-order valence-electron chi connectivity index (χ2n) is 7.85. The van der Waals surface area contributed by atoms with Crippen molar-refractivity contribution in [2.45, 2.75) is 18.2 Å². The molecular formula is C25H19Cl2N3O4S. The Morgan fingerprint density at radius 1 is 1.00 bits per heavy atom. The molecule has 1 fully saturated rings. The SMILES string of the molecule is O=C(Nc1ccc(Cl)cc1)C1CC(=O)N(Cc2ccc3c(c2)OCO3)C(=Nc2ccc(Cl)cc2)S1. The second-order valence-corrected chi connectivity index (χ2v) is 9.89. The van der Waals surface area contributed by atoms with Crippen LogP contribution in [0.25, 0.3) is 0 Å². The Morgan fingerprint density at radius 3 is 2.43 bits per heavy atom. The van der Waals surface area contributed by atoms with E-state index in [2.05, 4.69) is 10.3 Å². The van der Waals surface area contributed by atoms with Crippen LogP contribution in [0.4, 0.5) is 11.4 Å². The van der Waals surface area contributed by atoms with Crippen molar-refractivity contribution in [2.75, 3.05) is 12.1 Å². The molecule has 2 aliphatic rings. The largest absolute Gasteiger partial charge is 0.454 e. The molecule has 2 aliphatic heterocycles. The van der Waals surface area contributed by atoms with Crippen LogP contribution >= 0.6 is 35.0 Å². The fourth-order valence-corrected chi connectivity index (χ4v) is 4.95. The minimum Gasteiger partial charge on any atom is -0.454 e. The zero-order valence-electron chi connectivity index (χ0n) is 18.2. The summed E-state index contributed by atoms with van der Waals surface area (Å²) in [6, 6.07) is 19.3. The van der Waals surface area contributed by atoms with E-state index in [9.17, 15) is 9.59 Å². The van der Waals surface area contributed by atoms with Gasteiger partial charge >= 0.3 is 0 Å². The Labute approximate surface area is 216 Å². The van der Waals surface area contributed by atoms with E-state index in [1.807, 2.05) is 18.2 Å².